The first-order valence-electron chi connectivity index (χ1n) is 6.36. The predicted molar refractivity (Wildman–Crippen MR) is 72.1 cm³/mol. The van der Waals surface area contributed by atoms with Crippen LogP contribution in [0.15, 0.2) is 18.2 Å². The molecule has 0 saturated carbocycles. The molecule has 1 heterocycles. The molecular formula is C14H17NO5. The smallest absolute Gasteiger partial charge is 0.337 e. The number of methoxy groups -OCH3 is 1. The van der Waals surface area contributed by atoms with Crippen molar-refractivity contribution in [3.8, 4) is 5.75 Å². The molecule has 20 heavy (non-hydrogen) atoms. The van der Waals surface area contributed by atoms with E-state index in [4.69, 9.17) is 9.47 Å². The Hall–Kier alpha value is -2.08. The van der Waals surface area contributed by atoms with Gasteiger partial charge in [0, 0.05) is 6.61 Å². The molecule has 1 saturated heterocycles. The van der Waals surface area contributed by atoms with Gasteiger partial charge in [-0.25, -0.2) is 4.79 Å². The van der Waals surface area contributed by atoms with Gasteiger partial charge < -0.3 is 19.9 Å². The van der Waals surface area contributed by atoms with Gasteiger partial charge in [0.05, 0.1) is 18.4 Å². The molecule has 2 atom stereocenters. The highest BCUT2D eigenvalue weighted by molar-refractivity contribution is 6.02. The van der Waals surface area contributed by atoms with Crippen LogP contribution in [0, 0.1) is 5.92 Å². The summed E-state index contributed by atoms with van der Waals surface area (Å²) in [6, 6.07) is 4.48. The molecule has 6 nitrogen and oxygen atoms in total. The molecule has 6 heteroatoms. The largest absolute Gasteiger partial charge is 0.497 e. The predicted octanol–water partition coefficient (Wildman–Crippen LogP) is 1.76. The number of anilines is 1. The van der Waals surface area contributed by atoms with Crippen LogP contribution < -0.4 is 10.1 Å². The fraction of sp³-hybridized carbons (Fsp3) is 0.429. The van der Waals surface area contributed by atoms with Crippen LogP contribution in [0.4, 0.5) is 5.69 Å². The lowest BCUT2D eigenvalue weighted by atomic mass is 10.0. The van der Waals surface area contributed by atoms with Crippen LogP contribution in [0.5, 0.6) is 5.75 Å². The number of ether oxygens (including phenoxy) is 2. The van der Waals surface area contributed by atoms with Gasteiger partial charge in [-0.05, 0) is 30.5 Å². The summed E-state index contributed by atoms with van der Waals surface area (Å²) in [5.41, 5.74) is 0.231. The zero-order valence-electron chi connectivity index (χ0n) is 11.4. The van der Waals surface area contributed by atoms with E-state index >= 15 is 0 Å². The topological polar surface area (TPSA) is 84.9 Å². The number of hydrogen-bond donors (Lipinski definition) is 2. The summed E-state index contributed by atoms with van der Waals surface area (Å²) in [6.45, 7) is 2.48. The highest BCUT2D eigenvalue weighted by Gasteiger charge is 2.31. The van der Waals surface area contributed by atoms with Crippen molar-refractivity contribution in [2.75, 3.05) is 19.0 Å². The molecule has 0 aliphatic carbocycles. The Labute approximate surface area is 116 Å². The molecule has 108 valence electrons. The summed E-state index contributed by atoms with van der Waals surface area (Å²) in [5.74, 6) is -0.894. The number of nitrogens with one attached hydrogen (secondary N) is 1. The minimum atomic E-state index is -1.13. The van der Waals surface area contributed by atoms with E-state index in [9.17, 15) is 14.7 Å². The number of carbonyl (C=O) groups excluding carboxylic acids is 1. The number of aromatic carboxylic acids is 1. The van der Waals surface area contributed by atoms with E-state index in [-0.39, 0.29) is 23.1 Å². The highest BCUT2D eigenvalue weighted by Crippen LogP contribution is 2.25. The Morgan fingerprint density at radius 1 is 1.45 bits per heavy atom. The quantitative estimate of drug-likeness (QED) is 0.877. The van der Waals surface area contributed by atoms with E-state index in [0.29, 0.717) is 12.4 Å². The maximum Gasteiger partial charge on any atom is 0.337 e. The average Bonchev–Trinajstić information content (AvgIpc) is 2.85. The zero-order chi connectivity index (χ0) is 14.7. The number of amides is 1. The second-order valence-electron chi connectivity index (χ2n) is 4.76. The molecule has 1 fully saturated rings. The van der Waals surface area contributed by atoms with Gasteiger partial charge in [-0.2, -0.15) is 0 Å². The molecule has 0 bridgehead atoms. The van der Waals surface area contributed by atoms with Crippen molar-refractivity contribution < 1.29 is 24.2 Å². The molecule has 1 aromatic carbocycles. The summed E-state index contributed by atoms with van der Waals surface area (Å²) < 4.78 is 10.3. The zero-order valence-corrected chi connectivity index (χ0v) is 11.4. The lowest BCUT2D eigenvalue weighted by molar-refractivity contribution is -0.126. The molecule has 2 unspecified atom stereocenters. The maximum atomic E-state index is 12.1. The fourth-order valence-corrected chi connectivity index (χ4v) is 2.17. The minimum absolute atomic E-state index is 0.0108. The van der Waals surface area contributed by atoms with Gasteiger partial charge in [-0.3, -0.25) is 4.79 Å². The molecule has 0 spiro atoms. The third-order valence-electron chi connectivity index (χ3n) is 3.36. The van der Waals surface area contributed by atoms with Crippen LogP contribution in [0.25, 0.3) is 0 Å². The van der Waals surface area contributed by atoms with Crippen LogP contribution in [0.3, 0.4) is 0 Å². The van der Waals surface area contributed by atoms with Gasteiger partial charge in [0.15, 0.2) is 0 Å². The lowest BCUT2D eigenvalue weighted by Gasteiger charge is -2.16. The first-order valence-corrected chi connectivity index (χ1v) is 6.36. The SMILES string of the molecule is COc1ccc(NC(=O)C2OCCC2C)c(C(=O)O)c1. The molecule has 1 amide bonds. The van der Waals surface area contributed by atoms with E-state index in [1.165, 1.54) is 19.2 Å². The molecule has 0 aromatic heterocycles. The second-order valence-corrected chi connectivity index (χ2v) is 4.76. The Balaban J connectivity index is 2.20. The van der Waals surface area contributed by atoms with Gasteiger partial charge in [0.1, 0.15) is 11.9 Å². The van der Waals surface area contributed by atoms with Crippen LogP contribution in [-0.4, -0.2) is 36.8 Å². The van der Waals surface area contributed by atoms with Gasteiger partial charge in [-0.1, -0.05) is 6.92 Å². The van der Waals surface area contributed by atoms with Gasteiger partial charge >= 0.3 is 5.97 Å². The molecule has 2 rings (SSSR count). The van der Waals surface area contributed by atoms with Crippen LogP contribution in [0.1, 0.15) is 23.7 Å². The number of hydrogen-bond acceptors (Lipinski definition) is 4. The van der Waals surface area contributed by atoms with Crippen LogP contribution in [0.2, 0.25) is 0 Å². The molecule has 1 aliphatic heterocycles. The fourth-order valence-electron chi connectivity index (χ4n) is 2.17. The van der Waals surface area contributed by atoms with Crippen molar-refractivity contribution in [2.45, 2.75) is 19.4 Å². The third kappa shape index (κ3) is 2.91. The van der Waals surface area contributed by atoms with Crippen LogP contribution in [-0.2, 0) is 9.53 Å². The summed E-state index contributed by atoms with van der Waals surface area (Å²) in [5, 5.41) is 11.8. The van der Waals surface area contributed by atoms with E-state index < -0.39 is 12.1 Å². The first-order chi connectivity index (χ1) is 9.52. The first kappa shape index (κ1) is 14.3. The minimum Gasteiger partial charge on any atom is -0.497 e. The van der Waals surface area contributed by atoms with E-state index in [2.05, 4.69) is 5.32 Å². The molecule has 1 aromatic rings. The number of rotatable bonds is 4. The Kier molecular flexibility index (Phi) is 4.24. The van der Waals surface area contributed by atoms with E-state index in [1.807, 2.05) is 6.92 Å². The summed E-state index contributed by atoms with van der Waals surface area (Å²) in [6.07, 6.45) is 0.297. The monoisotopic (exact) mass is 279 g/mol. The van der Waals surface area contributed by atoms with E-state index in [1.54, 1.807) is 6.07 Å². The van der Waals surface area contributed by atoms with Crippen molar-refractivity contribution >= 4 is 17.6 Å². The van der Waals surface area contributed by atoms with Crippen molar-refractivity contribution in [3.05, 3.63) is 23.8 Å². The number of carboxylic acids is 1. The molecule has 2 N–H and O–H groups in total. The van der Waals surface area contributed by atoms with Crippen molar-refractivity contribution in [1.82, 2.24) is 0 Å². The summed E-state index contributed by atoms with van der Waals surface area (Å²) in [7, 11) is 1.45. The average molecular weight is 279 g/mol. The van der Waals surface area contributed by atoms with Crippen LogP contribution >= 0.6 is 0 Å². The van der Waals surface area contributed by atoms with Crippen molar-refractivity contribution in [3.63, 3.8) is 0 Å². The number of carbonyl (C=O) groups is 2. The van der Waals surface area contributed by atoms with Gasteiger partial charge in [-0.15, -0.1) is 0 Å². The van der Waals surface area contributed by atoms with Gasteiger partial charge in [0.2, 0.25) is 0 Å². The normalized spacial score (nSPS) is 21.5. The van der Waals surface area contributed by atoms with Crippen molar-refractivity contribution in [1.29, 1.82) is 0 Å². The Bertz CT molecular complexity index is 528. The molecular weight excluding hydrogens is 262 g/mol. The Morgan fingerprint density at radius 3 is 2.75 bits per heavy atom. The summed E-state index contributed by atoms with van der Waals surface area (Å²) >= 11 is 0. The second kappa shape index (κ2) is 5.92. The highest BCUT2D eigenvalue weighted by atomic mass is 16.5. The lowest BCUT2D eigenvalue weighted by Crippen LogP contribution is -2.31. The standard InChI is InChI=1S/C14H17NO5/c1-8-5-6-20-12(8)13(16)15-11-4-3-9(19-2)7-10(11)14(17)18/h3-4,7-8,12H,5-6H2,1-2H3,(H,15,16)(H,17,18). The number of carboxylic acid groups (broad SMARTS) is 1. The summed E-state index contributed by atoms with van der Waals surface area (Å²) in [4.78, 5) is 23.3. The molecule has 0 radical (unpaired) electrons. The maximum absolute atomic E-state index is 12.1. The Morgan fingerprint density at radius 2 is 2.20 bits per heavy atom. The van der Waals surface area contributed by atoms with Gasteiger partial charge in [0.25, 0.3) is 5.91 Å². The van der Waals surface area contributed by atoms with Crippen molar-refractivity contribution in [2.24, 2.45) is 5.92 Å². The molecule has 1 aliphatic rings. The van der Waals surface area contributed by atoms with E-state index in [0.717, 1.165) is 6.42 Å². The number of benzene rings is 1. The third-order valence-corrected chi connectivity index (χ3v) is 3.36.